The Morgan fingerprint density at radius 2 is 1.52 bits per heavy atom. The van der Waals surface area contributed by atoms with Crippen LogP contribution < -0.4 is 5.32 Å². The number of fused-ring (bicyclic) bond motifs is 2. The van der Waals surface area contributed by atoms with Crippen molar-refractivity contribution in [2.24, 2.45) is 0 Å². The number of aliphatic hydroxyl groups excluding tert-OH is 1. The van der Waals surface area contributed by atoms with E-state index in [2.05, 4.69) is 28.5 Å². The predicted molar refractivity (Wildman–Crippen MR) is 172 cm³/mol. The molecule has 2 unspecified atom stereocenters. The van der Waals surface area contributed by atoms with Gasteiger partial charge in [-0.05, 0) is 82.4 Å². The lowest BCUT2D eigenvalue weighted by atomic mass is 9.97. The number of amides is 1. The molecule has 0 bridgehead atoms. The molecule has 0 fully saturated rings. The van der Waals surface area contributed by atoms with Gasteiger partial charge in [0.15, 0.2) is 0 Å². The molecule has 2 N–H and O–H groups in total. The number of carbonyl (C=O) groups is 1. The van der Waals surface area contributed by atoms with Gasteiger partial charge in [-0.3, -0.25) is 4.79 Å². The average Bonchev–Trinajstić information content (AvgIpc) is 3.03. The van der Waals surface area contributed by atoms with E-state index in [0.717, 1.165) is 44.1 Å². The summed E-state index contributed by atoms with van der Waals surface area (Å²) >= 11 is 6.13. The van der Waals surface area contributed by atoms with Gasteiger partial charge in [0.2, 0.25) is 0 Å². The van der Waals surface area contributed by atoms with Crippen molar-refractivity contribution >= 4 is 51.3 Å². The molecule has 0 aliphatic carbocycles. The number of carbonyl (C=O) groups excluding carboxylic acids is 1. The Labute approximate surface area is 249 Å². The van der Waals surface area contributed by atoms with Gasteiger partial charge in [-0.25, -0.2) is 4.98 Å². The quantitative estimate of drug-likeness (QED) is 0.202. The van der Waals surface area contributed by atoms with Crippen molar-refractivity contribution in [3.63, 3.8) is 0 Å². The number of halogens is 1. The molecular formula is C37H29ClN2O2. The van der Waals surface area contributed by atoms with Crippen LogP contribution in [0, 0.1) is 0 Å². The summed E-state index contributed by atoms with van der Waals surface area (Å²) in [6, 6.07) is 38.6. The van der Waals surface area contributed by atoms with Gasteiger partial charge in [-0.15, -0.1) is 0 Å². The molecule has 1 aromatic heterocycles. The summed E-state index contributed by atoms with van der Waals surface area (Å²) in [5, 5.41) is 18.3. The Balaban J connectivity index is 1.18. The molecule has 42 heavy (non-hydrogen) atoms. The smallest absolute Gasteiger partial charge is 0.251 e. The normalized spacial score (nSPS) is 12.9. The zero-order chi connectivity index (χ0) is 29.1. The van der Waals surface area contributed by atoms with Crippen LogP contribution in [0.15, 0.2) is 121 Å². The Kier molecular flexibility index (Phi) is 7.83. The van der Waals surface area contributed by atoms with E-state index in [1.807, 2.05) is 104 Å². The molecule has 0 aliphatic rings. The highest BCUT2D eigenvalue weighted by molar-refractivity contribution is 6.31. The van der Waals surface area contributed by atoms with E-state index >= 15 is 0 Å². The van der Waals surface area contributed by atoms with Gasteiger partial charge in [0.05, 0.1) is 17.3 Å². The van der Waals surface area contributed by atoms with Crippen LogP contribution in [0.2, 0.25) is 5.02 Å². The third-order valence-corrected chi connectivity index (χ3v) is 7.69. The number of aromatic nitrogens is 1. The largest absolute Gasteiger partial charge is 0.384 e. The van der Waals surface area contributed by atoms with Crippen LogP contribution in [-0.4, -0.2) is 16.0 Å². The summed E-state index contributed by atoms with van der Waals surface area (Å²) in [4.78, 5) is 17.9. The summed E-state index contributed by atoms with van der Waals surface area (Å²) in [5.74, 6) is -0.189. The molecule has 1 heterocycles. The first-order valence-corrected chi connectivity index (χ1v) is 14.2. The lowest BCUT2D eigenvalue weighted by Gasteiger charge is -2.18. The standard InChI is InChI=1S/C37H29ClN2O2/c1-24(33-14-6-9-26-8-2-3-13-34(26)33)39-37(42)30-12-5-11-29(22-30)36(41)28-10-4-7-25(21-28)15-19-32-20-17-27-16-18-31(38)23-35(27)40-32/h2-24,36,41H,1H3,(H,39,42)/b19-15+. The van der Waals surface area contributed by atoms with Crippen LogP contribution in [0.3, 0.4) is 0 Å². The van der Waals surface area contributed by atoms with Crippen LogP contribution in [0.4, 0.5) is 0 Å². The Hall–Kier alpha value is -4.77. The van der Waals surface area contributed by atoms with Crippen LogP contribution >= 0.6 is 11.6 Å². The fraction of sp³-hybridized carbons (Fsp3) is 0.0811. The molecule has 1 amide bonds. The highest BCUT2D eigenvalue weighted by atomic mass is 35.5. The number of hydrogen-bond donors (Lipinski definition) is 2. The van der Waals surface area contributed by atoms with E-state index in [4.69, 9.17) is 11.6 Å². The first-order chi connectivity index (χ1) is 20.4. The summed E-state index contributed by atoms with van der Waals surface area (Å²) in [7, 11) is 0. The predicted octanol–water partition coefficient (Wildman–Crippen LogP) is 8.78. The van der Waals surface area contributed by atoms with Gasteiger partial charge in [-0.1, -0.05) is 103 Å². The second kappa shape index (κ2) is 12.0. The van der Waals surface area contributed by atoms with Gasteiger partial charge in [0.25, 0.3) is 5.91 Å². The molecule has 0 radical (unpaired) electrons. The van der Waals surface area contributed by atoms with E-state index < -0.39 is 6.10 Å². The van der Waals surface area contributed by atoms with Gasteiger partial charge in [0.1, 0.15) is 6.10 Å². The Morgan fingerprint density at radius 1 is 0.786 bits per heavy atom. The number of pyridine rings is 1. The van der Waals surface area contributed by atoms with Crippen molar-refractivity contribution in [3.05, 3.63) is 160 Å². The van der Waals surface area contributed by atoms with Crippen LogP contribution in [0.5, 0.6) is 0 Å². The number of hydrogen-bond acceptors (Lipinski definition) is 3. The minimum Gasteiger partial charge on any atom is -0.384 e. The first kappa shape index (κ1) is 27.4. The fourth-order valence-electron chi connectivity index (χ4n) is 5.24. The zero-order valence-corrected chi connectivity index (χ0v) is 23.8. The number of benzene rings is 5. The second-order valence-corrected chi connectivity index (χ2v) is 10.8. The number of nitrogens with one attached hydrogen (secondary N) is 1. The van der Waals surface area contributed by atoms with E-state index in [1.165, 1.54) is 0 Å². The monoisotopic (exact) mass is 568 g/mol. The third-order valence-electron chi connectivity index (χ3n) is 7.45. The molecule has 6 aromatic rings. The van der Waals surface area contributed by atoms with E-state index in [0.29, 0.717) is 16.1 Å². The number of rotatable bonds is 7. The van der Waals surface area contributed by atoms with Crippen molar-refractivity contribution in [2.45, 2.75) is 19.1 Å². The van der Waals surface area contributed by atoms with Crippen molar-refractivity contribution in [1.29, 1.82) is 0 Å². The molecule has 0 aliphatic heterocycles. The lowest BCUT2D eigenvalue weighted by Crippen LogP contribution is -2.27. The van der Waals surface area contributed by atoms with Gasteiger partial charge < -0.3 is 10.4 Å². The fourth-order valence-corrected chi connectivity index (χ4v) is 5.41. The van der Waals surface area contributed by atoms with E-state index in [-0.39, 0.29) is 11.9 Å². The highest BCUT2D eigenvalue weighted by Crippen LogP contribution is 2.27. The van der Waals surface area contributed by atoms with Gasteiger partial charge in [0, 0.05) is 16.0 Å². The number of aliphatic hydroxyl groups is 1. The molecular weight excluding hydrogens is 540 g/mol. The minimum atomic E-state index is -0.887. The van der Waals surface area contributed by atoms with Crippen molar-refractivity contribution in [2.75, 3.05) is 0 Å². The summed E-state index contributed by atoms with van der Waals surface area (Å²) in [6.07, 6.45) is 3.02. The summed E-state index contributed by atoms with van der Waals surface area (Å²) in [6.45, 7) is 1.99. The average molecular weight is 569 g/mol. The highest BCUT2D eigenvalue weighted by Gasteiger charge is 2.16. The van der Waals surface area contributed by atoms with Gasteiger partial charge >= 0.3 is 0 Å². The number of nitrogens with zero attached hydrogens (tertiary/aromatic N) is 1. The van der Waals surface area contributed by atoms with Crippen molar-refractivity contribution in [1.82, 2.24) is 10.3 Å². The molecule has 206 valence electrons. The SMILES string of the molecule is CC(NC(=O)c1cccc(C(O)c2cccc(/C=C/c3ccc4ccc(Cl)cc4n3)c2)c1)c1cccc2ccccc12. The molecule has 4 nitrogen and oxygen atoms in total. The summed E-state index contributed by atoms with van der Waals surface area (Å²) < 4.78 is 0. The maximum Gasteiger partial charge on any atom is 0.251 e. The Morgan fingerprint density at radius 3 is 2.40 bits per heavy atom. The maximum atomic E-state index is 13.2. The van der Waals surface area contributed by atoms with Gasteiger partial charge in [-0.2, -0.15) is 0 Å². The zero-order valence-electron chi connectivity index (χ0n) is 23.0. The molecule has 5 heteroatoms. The topological polar surface area (TPSA) is 62.2 Å². The van der Waals surface area contributed by atoms with E-state index in [9.17, 15) is 9.90 Å². The van der Waals surface area contributed by atoms with Crippen LogP contribution in [0.1, 0.15) is 57.4 Å². The molecule has 0 saturated carbocycles. The lowest BCUT2D eigenvalue weighted by molar-refractivity contribution is 0.0940. The van der Waals surface area contributed by atoms with Crippen LogP contribution in [0.25, 0.3) is 33.8 Å². The first-order valence-electron chi connectivity index (χ1n) is 13.9. The second-order valence-electron chi connectivity index (χ2n) is 10.4. The van der Waals surface area contributed by atoms with E-state index in [1.54, 1.807) is 18.2 Å². The Bertz CT molecular complexity index is 1940. The van der Waals surface area contributed by atoms with Crippen LogP contribution in [-0.2, 0) is 0 Å². The van der Waals surface area contributed by atoms with Crippen molar-refractivity contribution < 1.29 is 9.90 Å². The maximum absolute atomic E-state index is 13.2. The molecule has 5 aromatic carbocycles. The molecule has 0 saturated heterocycles. The molecule has 6 rings (SSSR count). The minimum absolute atomic E-state index is 0.185. The third kappa shape index (κ3) is 5.96. The molecule has 0 spiro atoms. The van der Waals surface area contributed by atoms with Crippen molar-refractivity contribution in [3.8, 4) is 0 Å². The molecule has 2 atom stereocenters. The summed E-state index contributed by atoms with van der Waals surface area (Å²) in [5.41, 5.74) is 5.52.